The van der Waals surface area contributed by atoms with E-state index in [4.69, 9.17) is 4.74 Å². The molecule has 1 atom stereocenters. The molecule has 0 bridgehead atoms. The highest BCUT2D eigenvalue weighted by Gasteiger charge is 2.49. The van der Waals surface area contributed by atoms with E-state index in [0.29, 0.717) is 48.2 Å². The number of aryl methyl sites for hydroxylation is 2. The number of anilines is 2. The zero-order chi connectivity index (χ0) is 23.6. The van der Waals surface area contributed by atoms with Crippen LogP contribution in [0.5, 0.6) is 0 Å². The lowest BCUT2D eigenvalue weighted by atomic mass is 9.88. The van der Waals surface area contributed by atoms with Gasteiger partial charge >= 0.3 is 5.97 Å². The lowest BCUT2D eigenvalue weighted by molar-refractivity contribution is -0.148. The molecule has 2 aliphatic heterocycles. The van der Waals surface area contributed by atoms with Crippen molar-refractivity contribution >= 4 is 56.7 Å². The van der Waals surface area contributed by atoms with Crippen molar-refractivity contribution in [2.24, 2.45) is 5.92 Å². The summed E-state index contributed by atoms with van der Waals surface area (Å²) < 4.78 is 6.85. The number of ether oxygens (including phenoxy) is 1. The van der Waals surface area contributed by atoms with Gasteiger partial charge in [-0.2, -0.15) is 11.8 Å². The van der Waals surface area contributed by atoms with E-state index in [1.165, 1.54) is 6.33 Å². The van der Waals surface area contributed by atoms with Gasteiger partial charge in [0.2, 0.25) is 0 Å². The SMILES string of the molecule is CCOC(=O)[C@H]1CCc2c(sc3ncnc(Nc4cc(C)c5n(c4=O)C4(CSC4)NC5=O)c23)C1. The van der Waals surface area contributed by atoms with Crippen LogP contribution in [-0.2, 0) is 28.0 Å². The number of hydrogen-bond donors (Lipinski definition) is 2. The molecule has 3 aromatic rings. The summed E-state index contributed by atoms with van der Waals surface area (Å²) in [6.07, 6.45) is 3.55. The maximum absolute atomic E-state index is 13.5. The van der Waals surface area contributed by atoms with Crippen molar-refractivity contribution in [3.05, 3.63) is 44.4 Å². The fraction of sp³-hybridized carbons (Fsp3) is 0.435. The molecule has 2 N–H and O–H groups in total. The van der Waals surface area contributed by atoms with Gasteiger partial charge in [0.25, 0.3) is 11.5 Å². The summed E-state index contributed by atoms with van der Waals surface area (Å²) in [5.74, 6) is 1.42. The van der Waals surface area contributed by atoms with Crippen LogP contribution in [0.15, 0.2) is 17.2 Å². The molecule has 5 heterocycles. The average Bonchev–Trinajstić information content (AvgIpc) is 3.33. The van der Waals surface area contributed by atoms with E-state index in [-0.39, 0.29) is 23.4 Å². The number of thiophene rings is 1. The number of thioether (sulfide) groups is 1. The number of nitrogens with zero attached hydrogens (tertiary/aromatic N) is 3. The number of pyridine rings is 1. The van der Waals surface area contributed by atoms with Gasteiger partial charge in [0.1, 0.15) is 34.0 Å². The van der Waals surface area contributed by atoms with Crippen molar-refractivity contribution in [3.8, 4) is 0 Å². The van der Waals surface area contributed by atoms with Gasteiger partial charge < -0.3 is 15.4 Å². The molecule has 176 valence electrons. The number of hydrogen-bond acceptors (Lipinski definition) is 9. The number of nitrogens with one attached hydrogen (secondary N) is 2. The fourth-order valence-corrected chi connectivity index (χ4v) is 7.40. The highest BCUT2D eigenvalue weighted by atomic mass is 32.2. The summed E-state index contributed by atoms with van der Waals surface area (Å²) in [7, 11) is 0. The number of rotatable bonds is 4. The monoisotopic (exact) mass is 497 g/mol. The van der Waals surface area contributed by atoms with Crippen molar-refractivity contribution in [1.29, 1.82) is 0 Å². The second kappa shape index (κ2) is 7.81. The molecule has 0 unspecified atom stereocenters. The standard InChI is InChI=1S/C23H23N5O4S2/c1-3-32-22(31)12-4-5-13-15(7-12)34-20-16(13)18(24-10-25-20)26-14-6-11(2)17-19(29)27-23(8-33-9-23)28(17)21(14)30/h6,10,12H,3-5,7-9H2,1-2H3,(H,27,29)(H,24,25,26)/t12-/m0/s1. The lowest BCUT2D eigenvalue weighted by Gasteiger charge is -2.38. The number of fused-ring (bicyclic) bond motifs is 5. The second-order valence-corrected chi connectivity index (χ2v) is 11.0. The molecule has 1 spiro atoms. The molecule has 0 radical (unpaired) electrons. The highest BCUT2D eigenvalue weighted by Crippen LogP contribution is 2.41. The summed E-state index contributed by atoms with van der Waals surface area (Å²) in [6.45, 7) is 4.05. The van der Waals surface area contributed by atoms with Gasteiger partial charge in [0, 0.05) is 16.4 Å². The van der Waals surface area contributed by atoms with E-state index in [1.54, 1.807) is 33.7 Å². The molecular formula is C23H23N5O4S2. The van der Waals surface area contributed by atoms with Crippen molar-refractivity contribution < 1.29 is 14.3 Å². The highest BCUT2D eigenvalue weighted by molar-refractivity contribution is 8.00. The van der Waals surface area contributed by atoms with E-state index in [2.05, 4.69) is 20.6 Å². The zero-order valence-electron chi connectivity index (χ0n) is 18.8. The van der Waals surface area contributed by atoms with Gasteiger partial charge in [-0.15, -0.1) is 11.3 Å². The van der Waals surface area contributed by atoms with Crippen LogP contribution < -0.4 is 16.2 Å². The van der Waals surface area contributed by atoms with E-state index in [1.807, 2.05) is 13.8 Å². The summed E-state index contributed by atoms with van der Waals surface area (Å²) in [6, 6.07) is 1.72. The molecule has 0 saturated carbocycles. The van der Waals surface area contributed by atoms with Crippen LogP contribution in [0.25, 0.3) is 10.2 Å². The Morgan fingerprint density at radius 1 is 1.35 bits per heavy atom. The third-order valence-corrected chi connectivity index (χ3v) is 9.31. The number of carbonyl (C=O) groups excluding carboxylic acids is 2. The summed E-state index contributed by atoms with van der Waals surface area (Å²) in [5, 5.41) is 7.17. The lowest BCUT2D eigenvalue weighted by Crippen LogP contribution is -2.57. The van der Waals surface area contributed by atoms with Crippen LogP contribution >= 0.6 is 23.1 Å². The van der Waals surface area contributed by atoms with Gasteiger partial charge in [-0.05, 0) is 50.3 Å². The van der Waals surface area contributed by atoms with Crippen molar-refractivity contribution in [3.63, 3.8) is 0 Å². The Bertz CT molecular complexity index is 1420. The van der Waals surface area contributed by atoms with Gasteiger partial charge in [-0.3, -0.25) is 19.0 Å². The Kier molecular flexibility index (Phi) is 4.96. The molecule has 11 heteroatoms. The van der Waals surface area contributed by atoms with E-state index in [9.17, 15) is 14.4 Å². The predicted molar refractivity (Wildman–Crippen MR) is 131 cm³/mol. The molecule has 0 aromatic carbocycles. The molecule has 1 aliphatic carbocycles. The molecular weight excluding hydrogens is 474 g/mol. The number of esters is 1. The summed E-state index contributed by atoms with van der Waals surface area (Å²) in [4.78, 5) is 49.2. The first kappa shape index (κ1) is 21.6. The zero-order valence-corrected chi connectivity index (χ0v) is 20.4. The fourth-order valence-electron chi connectivity index (χ4n) is 5.14. The largest absolute Gasteiger partial charge is 0.466 e. The maximum Gasteiger partial charge on any atom is 0.309 e. The average molecular weight is 498 g/mol. The first-order valence-corrected chi connectivity index (χ1v) is 13.3. The molecule has 34 heavy (non-hydrogen) atoms. The van der Waals surface area contributed by atoms with E-state index >= 15 is 0 Å². The first-order chi connectivity index (χ1) is 16.4. The Morgan fingerprint density at radius 2 is 2.18 bits per heavy atom. The van der Waals surface area contributed by atoms with E-state index in [0.717, 1.165) is 32.6 Å². The molecule has 1 fully saturated rings. The number of carbonyl (C=O) groups is 2. The predicted octanol–water partition coefficient (Wildman–Crippen LogP) is 2.72. The maximum atomic E-state index is 13.5. The molecule has 3 aromatic heterocycles. The van der Waals surface area contributed by atoms with Gasteiger partial charge in [0.05, 0.1) is 17.9 Å². The molecule has 3 aliphatic rings. The van der Waals surface area contributed by atoms with Crippen LogP contribution in [0.1, 0.15) is 39.8 Å². The summed E-state index contributed by atoms with van der Waals surface area (Å²) >= 11 is 3.26. The minimum Gasteiger partial charge on any atom is -0.466 e. The molecule has 6 rings (SSSR count). The normalized spacial score (nSPS) is 19.9. The topological polar surface area (TPSA) is 115 Å². The Hall–Kier alpha value is -2.92. The van der Waals surface area contributed by atoms with E-state index < -0.39 is 5.66 Å². The number of aromatic nitrogens is 3. The van der Waals surface area contributed by atoms with Gasteiger partial charge in [-0.1, -0.05) is 0 Å². The van der Waals surface area contributed by atoms with Crippen LogP contribution in [0.4, 0.5) is 11.5 Å². The van der Waals surface area contributed by atoms with Gasteiger partial charge in [0.15, 0.2) is 0 Å². The quantitative estimate of drug-likeness (QED) is 0.529. The summed E-state index contributed by atoms with van der Waals surface area (Å²) in [5.41, 5.74) is 1.81. The molecule has 1 amide bonds. The van der Waals surface area contributed by atoms with Crippen LogP contribution in [0, 0.1) is 12.8 Å². The van der Waals surface area contributed by atoms with Crippen molar-refractivity contribution in [1.82, 2.24) is 19.9 Å². The Labute approximate surface area is 203 Å². The van der Waals surface area contributed by atoms with Crippen LogP contribution in [0.3, 0.4) is 0 Å². The Morgan fingerprint density at radius 3 is 2.91 bits per heavy atom. The van der Waals surface area contributed by atoms with Crippen molar-refractivity contribution in [2.75, 3.05) is 23.4 Å². The third-order valence-electron chi connectivity index (χ3n) is 6.78. The minimum absolute atomic E-state index is 0.143. The first-order valence-electron chi connectivity index (χ1n) is 11.3. The smallest absolute Gasteiger partial charge is 0.309 e. The van der Waals surface area contributed by atoms with Crippen LogP contribution in [-0.4, -0.2) is 44.5 Å². The number of amides is 1. The van der Waals surface area contributed by atoms with Crippen LogP contribution in [0.2, 0.25) is 0 Å². The third kappa shape index (κ3) is 3.09. The molecule has 1 saturated heterocycles. The molecule has 9 nitrogen and oxygen atoms in total. The second-order valence-electron chi connectivity index (χ2n) is 8.93. The Balaban J connectivity index is 1.40. The minimum atomic E-state index is -0.638. The van der Waals surface area contributed by atoms with Gasteiger partial charge in [-0.25, -0.2) is 9.97 Å². The van der Waals surface area contributed by atoms with Crippen molar-refractivity contribution in [2.45, 2.75) is 38.8 Å².